The van der Waals surface area contributed by atoms with Gasteiger partial charge in [0.25, 0.3) is 0 Å². The van der Waals surface area contributed by atoms with Gasteiger partial charge in [0.05, 0.1) is 6.61 Å². The lowest BCUT2D eigenvalue weighted by Gasteiger charge is -2.25. The molecule has 158 valence electrons. The molecular formula is C25H28O4S. The van der Waals surface area contributed by atoms with Crippen molar-refractivity contribution in [3.63, 3.8) is 0 Å². The van der Waals surface area contributed by atoms with Gasteiger partial charge < -0.3 is 9.47 Å². The van der Waals surface area contributed by atoms with Crippen molar-refractivity contribution in [1.29, 1.82) is 0 Å². The molecule has 4 nitrogen and oxygen atoms in total. The molecule has 0 saturated heterocycles. The van der Waals surface area contributed by atoms with Crippen molar-refractivity contribution in [3.8, 4) is 5.75 Å². The van der Waals surface area contributed by atoms with Crippen LogP contribution in [0.1, 0.15) is 53.6 Å². The van der Waals surface area contributed by atoms with E-state index in [2.05, 4.69) is 19.1 Å². The number of hydrogen-bond donors (Lipinski definition) is 0. The third-order valence-corrected chi connectivity index (χ3v) is 6.48. The first-order valence-electron chi connectivity index (χ1n) is 10.2. The zero-order valence-corrected chi connectivity index (χ0v) is 19.0. The van der Waals surface area contributed by atoms with Crippen molar-refractivity contribution in [2.45, 2.75) is 53.1 Å². The number of esters is 1. The van der Waals surface area contributed by atoms with Crippen LogP contribution in [0.4, 0.5) is 0 Å². The fraction of sp³-hybridized carbons (Fsp3) is 0.360. The minimum Gasteiger partial charge on any atom is -0.476 e. The zero-order chi connectivity index (χ0) is 21.9. The molecule has 3 rings (SSSR count). The Kier molecular flexibility index (Phi) is 6.61. The fourth-order valence-corrected chi connectivity index (χ4v) is 4.60. The Morgan fingerprint density at radius 3 is 2.47 bits per heavy atom. The Morgan fingerprint density at radius 2 is 1.80 bits per heavy atom. The molecule has 30 heavy (non-hydrogen) atoms. The van der Waals surface area contributed by atoms with E-state index < -0.39 is 11.6 Å². The lowest BCUT2D eigenvalue weighted by molar-refractivity contribution is -0.158. The number of hydrogen-bond acceptors (Lipinski definition) is 5. The summed E-state index contributed by atoms with van der Waals surface area (Å²) in [7, 11) is 0. The molecule has 5 heteroatoms. The van der Waals surface area contributed by atoms with Crippen LogP contribution in [0.3, 0.4) is 0 Å². The molecule has 0 aliphatic rings. The molecule has 0 atom stereocenters. The lowest BCUT2D eigenvalue weighted by Crippen LogP contribution is -2.39. The smallest absolute Gasteiger partial charge is 0.349 e. The zero-order valence-electron chi connectivity index (χ0n) is 18.2. The summed E-state index contributed by atoms with van der Waals surface area (Å²) in [5, 5.41) is 1.27. The van der Waals surface area contributed by atoms with Gasteiger partial charge in [-0.15, -0.1) is 11.3 Å². The van der Waals surface area contributed by atoms with Gasteiger partial charge in [-0.2, -0.15) is 0 Å². The number of Topliss-reactive ketones (excluding diaryl/α,β-unsaturated/α-hetero) is 1. The first kappa shape index (κ1) is 22.0. The summed E-state index contributed by atoms with van der Waals surface area (Å²) >= 11 is 1.76. The number of carbonyl (C=O) groups is 2. The summed E-state index contributed by atoms with van der Waals surface area (Å²) in [5.74, 6) is 0.263. The van der Waals surface area contributed by atoms with Gasteiger partial charge >= 0.3 is 5.97 Å². The second kappa shape index (κ2) is 9.00. The summed E-state index contributed by atoms with van der Waals surface area (Å²) < 4.78 is 12.2. The monoisotopic (exact) mass is 424 g/mol. The van der Waals surface area contributed by atoms with E-state index in [0.717, 1.165) is 12.0 Å². The van der Waals surface area contributed by atoms with Crippen LogP contribution in [0, 0.1) is 13.8 Å². The highest BCUT2D eigenvalue weighted by atomic mass is 32.1. The Balaban J connectivity index is 1.69. The molecule has 3 aromatic rings. The van der Waals surface area contributed by atoms with Gasteiger partial charge in [-0.3, -0.25) is 4.79 Å². The van der Waals surface area contributed by atoms with Crippen LogP contribution >= 0.6 is 11.3 Å². The van der Waals surface area contributed by atoms with Gasteiger partial charge in [-0.05, 0) is 81.8 Å². The van der Waals surface area contributed by atoms with E-state index in [-0.39, 0.29) is 5.78 Å². The molecule has 1 aromatic heterocycles. The van der Waals surface area contributed by atoms with Gasteiger partial charge in [-0.1, -0.05) is 18.2 Å². The number of ketones is 1. The average Bonchev–Trinajstić information content (AvgIpc) is 3.03. The number of fused-ring (bicyclic) bond motifs is 1. The largest absolute Gasteiger partial charge is 0.476 e. The predicted octanol–water partition coefficient (Wildman–Crippen LogP) is 6.05. The molecule has 0 aliphatic carbocycles. The van der Waals surface area contributed by atoms with Crippen molar-refractivity contribution in [2.75, 3.05) is 6.61 Å². The Hall–Kier alpha value is -2.66. The summed E-state index contributed by atoms with van der Waals surface area (Å²) in [5.41, 5.74) is 1.65. The van der Waals surface area contributed by atoms with Crippen LogP contribution in [-0.2, 0) is 16.0 Å². The van der Waals surface area contributed by atoms with Crippen LogP contribution < -0.4 is 4.74 Å². The van der Waals surface area contributed by atoms with Crippen LogP contribution in [0.25, 0.3) is 10.1 Å². The minimum absolute atomic E-state index is 0.103. The van der Waals surface area contributed by atoms with Crippen molar-refractivity contribution in [3.05, 3.63) is 64.0 Å². The summed E-state index contributed by atoms with van der Waals surface area (Å²) in [6, 6.07) is 13.7. The molecule has 0 fully saturated rings. The van der Waals surface area contributed by atoms with Crippen LogP contribution in [0.5, 0.6) is 5.75 Å². The van der Waals surface area contributed by atoms with Crippen LogP contribution in [0.2, 0.25) is 0 Å². The SMILES string of the molecule is CCOC(=O)C(C)(C)Oc1ccc(C(=O)CCc2sc3ccccc3c2C)cc1C. The van der Waals surface area contributed by atoms with Gasteiger partial charge in [0.1, 0.15) is 5.75 Å². The average molecular weight is 425 g/mol. The van der Waals surface area contributed by atoms with E-state index >= 15 is 0 Å². The van der Waals surface area contributed by atoms with E-state index in [4.69, 9.17) is 9.47 Å². The second-order valence-electron chi connectivity index (χ2n) is 7.88. The molecule has 0 saturated carbocycles. The van der Waals surface area contributed by atoms with Gasteiger partial charge in [0, 0.05) is 21.6 Å². The van der Waals surface area contributed by atoms with E-state index in [1.165, 1.54) is 20.5 Å². The number of rotatable bonds is 8. The molecule has 1 heterocycles. The molecule has 0 bridgehead atoms. The second-order valence-corrected chi connectivity index (χ2v) is 9.02. The minimum atomic E-state index is -1.09. The van der Waals surface area contributed by atoms with E-state index in [1.807, 2.05) is 25.1 Å². The molecule has 0 unspecified atom stereocenters. The highest BCUT2D eigenvalue weighted by Crippen LogP contribution is 2.32. The van der Waals surface area contributed by atoms with E-state index in [9.17, 15) is 9.59 Å². The van der Waals surface area contributed by atoms with Gasteiger partial charge in [0.15, 0.2) is 11.4 Å². The molecular weight excluding hydrogens is 396 g/mol. The third kappa shape index (κ3) is 4.73. The third-order valence-electron chi connectivity index (χ3n) is 5.15. The number of benzene rings is 2. The molecule has 0 aliphatic heterocycles. The van der Waals surface area contributed by atoms with Crippen molar-refractivity contribution in [2.24, 2.45) is 0 Å². The maximum atomic E-state index is 12.8. The molecule has 0 radical (unpaired) electrons. The van der Waals surface area contributed by atoms with E-state index in [1.54, 1.807) is 44.2 Å². The number of ether oxygens (including phenoxy) is 2. The van der Waals surface area contributed by atoms with Crippen LogP contribution in [-0.4, -0.2) is 24.0 Å². The van der Waals surface area contributed by atoms with E-state index in [0.29, 0.717) is 24.3 Å². The van der Waals surface area contributed by atoms with Crippen molar-refractivity contribution < 1.29 is 19.1 Å². The first-order valence-corrected chi connectivity index (χ1v) is 11.0. The highest BCUT2D eigenvalue weighted by Gasteiger charge is 2.32. The molecule has 0 amide bonds. The predicted molar refractivity (Wildman–Crippen MR) is 122 cm³/mol. The number of aryl methyl sites for hydroxylation is 3. The Labute approximate surface area is 181 Å². The maximum absolute atomic E-state index is 12.8. The molecule has 2 aromatic carbocycles. The summed E-state index contributed by atoms with van der Waals surface area (Å²) in [6.07, 6.45) is 1.19. The van der Waals surface area contributed by atoms with Crippen molar-refractivity contribution >= 4 is 33.2 Å². The number of carbonyl (C=O) groups excluding carboxylic acids is 2. The van der Waals surface area contributed by atoms with Gasteiger partial charge in [-0.25, -0.2) is 4.79 Å². The number of thiophene rings is 1. The molecule has 0 spiro atoms. The van der Waals surface area contributed by atoms with Crippen LogP contribution in [0.15, 0.2) is 42.5 Å². The molecule has 0 N–H and O–H groups in total. The fourth-order valence-electron chi connectivity index (χ4n) is 3.39. The summed E-state index contributed by atoms with van der Waals surface area (Å²) in [6.45, 7) is 9.43. The Bertz CT molecular complexity index is 1080. The first-order chi connectivity index (χ1) is 14.2. The lowest BCUT2D eigenvalue weighted by atomic mass is 10.0. The van der Waals surface area contributed by atoms with Gasteiger partial charge in [0.2, 0.25) is 0 Å². The summed E-state index contributed by atoms with van der Waals surface area (Å²) in [4.78, 5) is 26.1. The standard InChI is InChI=1S/C25H28O4S/c1-6-28-24(27)25(4,5)29-21-13-11-18(15-16(21)2)20(26)12-14-22-17(3)19-9-7-8-10-23(19)30-22/h7-11,13,15H,6,12,14H2,1-5H3. The highest BCUT2D eigenvalue weighted by molar-refractivity contribution is 7.19. The quantitative estimate of drug-likeness (QED) is 0.326. The Morgan fingerprint density at radius 1 is 1.07 bits per heavy atom. The normalized spacial score (nSPS) is 11.5. The maximum Gasteiger partial charge on any atom is 0.349 e. The topological polar surface area (TPSA) is 52.6 Å². The van der Waals surface area contributed by atoms with Crippen molar-refractivity contribution in [1.82, 2.24) is 0 Å².